The zero-order valence-corrected chi connectivity index (χ0v) is 9.80. The number of hydrogen-bond donors (Lipinski definition) is 2. The van der Waals surface area contributed by atoms with E-state index in [2.05, 4.69) is 0 Å². The number of thiocarbonyl (C=S) groups is 1. The molecular weight excluding hydrogens is 230 g/mol. The lowest BCUT2D eigenvalue weighted by molar-refractivity contribution is 0.170. The van der Waals surface area contributed by atoms with Crippen molar-refractivity contribution in [3.05, 3.63) is 35.9 Å². The second-order valence-corrected chi connectivity index (χ2v) is 4.44. The molecule has 0 spiro atoms. The van der Waals surface area contributed by atoms with Gasteiger partial charge in [0.15, 0.2) is 0 Å². The quantitative estimate of drug-likeness (QED) is 0.618. The molecule has 1 rings (SSSR count). The van der Waals surface area contributed by atoms with Crippen molar-refractivity contribution in [1.29, 1.82) is 0 Å². The van der Waals surface area contributed by atoms with Gasteiger partial charge in [-0.3, -0.25) is 0 Å². The highest BCUT2D eigenvalue weighted by Gasteiger charge is 2.08. The Morgan fingerprint density at radius 1 is 1.27 bits per heavy atom. The number of nitrogens with zero attached hydrogens (tertiary/aromatic N) is 1. The summed E-state index contributed by atoms with van der Waals surface area (Å²) in [4.78, 5) is 1.63. The van der Waals surface area contributed by atoms with Gasteiger partial charge in [-0.2, -0.15) is 0 Å². The molecule has 0 aromatic heterocycles. The van der Waals surface area contributed by atoms with Gasteiger partial charge in [-0.25, -0.2) is 0 Å². The van der Waals surface area contributed by atoms with Gasteiger partial charge in [-0.15, -0.1) is 0 Å². The number of thioether (sulfide) groups is 1. The van der Waals surface area contributed by atoms with E-state index in [9.17, 15) is 0 Å². The molecule has 2 N–H and O–H groups in total. The lowest BCUT2D eigenvalue weighted by atomic mass is 10.2. The van der Waals surface area contributed by atoms with Crippen LogP contribution in [0.15, 0.2) is 30.3 Å². The highest BCUT2D eigenvalue weighted by atomic mass is 32.2. The van der Waals surface area contributed by atoms with Crippen LogP contribution in [-0.2, 0) is 6.54 Å². The van der Waals surface area contributed by atoms with E-state index in [1.165, 1.54) is 0 Å². The summed E-state index contributed by atoms with van der Waals surface area (Å²) in [5, 5.41) is 17.8. The van der Waals surface area contributed by atoms with Gasteiger partial charge in [0, 0.05) is 6.54 Å². The minimum absolute atomic E-state index is 0.0654. The van der Waals surface area contributed by atoms with Gasteiger partial charge in [0.05, 0.1) is 5.94 Å². The summed E-state index contributed by atoms with van der Waals surface area (Å²) in [6, 6.07) is 9.75. The number of aliphatic hydroxyl groups is 2. The van der Waals surface area contributed by atoms with Crippen LogP contribution in [0.25, 0.3) is 0 Å². The Morgan fingerprint density at radius 3 is 2.47 bits per heavy atom. The molecule has 0 atom stereocenters. The normalized spacial score (nSPS) is 10.0. The second kappa shape index (κ2) is 6.79. The second-order valence-electron chi connectivity index (χ2n) is 2.86. The Kier molecular flexibility index (Phi) is 5.63. The molecule has 0 amide bonds. The van der Waals surface area contributed by atoms with Crippen LogP contribution in [0.2, 0.25) is 0 Å². The molecule has 0 fully saturated rings. The van der Waals surface area contributed by atoms with Crippen molar-refractivity contribution < 1.29 is 10.2 Å². The summed E-state index contributed by atoms with van der Waals surface area (Å²) >= 11 is 6.18. The molecule has 0 radical (unpaired) electrons. The maximum Gasteiger partial charge on any atom is 0.140 e. The third-order valence-corrected chi connectivity index (χ3v) is 3.08. The number of aliphatic hydroxyl groups excluding tert-OH is 2. The first kappa shape index (κ1) is 12.4. The lowest BCUT2D eigenvalue weighted by Gasteiger charge is -2.21. The van der Waals surface area contributed by atoms with Gasteiger partial charge >= 0.3 is 0 Å². The molecule has 0 bridgehead atoms. The molecule has 1 aromatic carbocycles. The lowest BCUT2D eigenvalue weighted by Crippen LogP contribution is -2.28. The van der Waals surface area contributed by atoms with Crippen molar-refractivity contribution in [2.45, 2.75) is 6.54 Å². The summed E-state index contributed by atoms with van der Waals surface area (Å²) < 4.78 is 0.504. The predicted molar refractivity (Wildman–Crippen MR) is 66.3 cm³/mol. The molecule has 82 valence electrons. The molecule has 5 heteroatoms. The SMILES string of the molecule is OCSC(=S)N(CO)Cc1ccccc1. The molecule has 0 aliphatic rings. The minimum atomic E-state index is -0.138. The Bertz CT molecular complexity index is 306. The molecule has 0 unspecified atom stereocenters. The van der Waals surface area contributed by atoms with E-state index in [4.69, 9.17) is 22.4 Å². The van der Waals surface area contributed by atoms with E-state index in [0.29, 0.717) is 10.9 Å². The molecule has 0 saturated carbocycles. The molecular formula is C10H13NO2S2. The van der Waals surface area contributed by atoms with Crippen LogP contribution in [-0.4, -0.2) is 32.1 Å². The summed E-state index contributed by atoms with van der Waals surface area (Å²) in [7, 11) is 0. The zero-order valence-electron chi connectivity index (χ0n) is 8.17. The molecule has 0 aliphatic heterocycles. The first-order valence-electron chi connectivity index (χ1n) is 4.45. The smallest absolute Gasteiger partial charge is 0.140 e. The van der Waals surface area contributed by atoms with Crippen molar-refractivity contribution >= 4 is 28.3 Å². The highest BCUT2D eigenvalue weighted by molar-refractivity contribution is 8.22. The van der Waals surface area contributed by atoms with E-state index < -0.39 is 0 Å². The molecule has 3 nitrogen and oxygen atoms in total. The number of benzene rings is 1. The Labute approximate surface area is 98.7 Å². The predicted octanol–water partition coefficient (Wildman–Crippen LogP) is 1.41. The van der Waals surface area contributed by atoms with Gasteiger partial charge in [0.2, 0.25) is 0 Å². The van der Waals surface area contributed by atoms with Gasteiger partial charge in [0.25, 0.3) is 0 Å². The van der Waals surface area contributed by atoms with Crippen LogP contribution in [0.4, 0.5) is 0 Å². The molecule has 1 aromatic rings. The van der Waals surface area contributed by atoms with Crippen LogP contribution in [0.1, 0.15) is 5.56 Å². The highest BCUT2D eigenvalue weighted by Crippen LogP contribution is 2.11. The maximum absolute atomic E-state index is 9.13. The van der Waals surface area contributed by atoms with Crippen molar-refractivity contribution in [2.24, 2.45) is 0 Å². The van der Waals surface area contributed by atoms with E-state index in [-0.39, 0.29) is 12.7 Å². The monoisotopic (exact) mass is 243 g/mol. The van der Waals surface area contributed by atoms with Gasteiger partial charge < -0.3 is 15.1 Å². The molecule has 0 aliphatic carbocycles. The van der Waals surface area contributed by atoms with Crippen LogP contribution < -0.4 is 0 Å². The minimum Gasteiger partial charge on any atom is -0.385 e. The van der Waals surface area contributed by atoms with E-state index >= 15 is 0 Å². The summed E-state index contributed by atoms with van der Waals surface area (Å²) in [5.41, 5.74) is 1.08. The summed E-state index contributed by atoms with van der Waals surface area (Å²) in [6.45, 7) is 0.421. The van der Waals surface area contributed by atoms with Gasteiger partial charge in [-0.05, 0) is 5.56 Å². The summed E-state index contributed by atoms with van der Waals surface area (Å²) in [5.74, 6) is -0.0654. The van der Waals surface area contributed by atoms with E-state index in [1.807, 2.05) is 30.3 Å². The third-order valence-electron chi connectivity index (χ3n) is 1.83. The fraction of sp³-hybridized carbons (Fsp3) is 0.300. The van der Waals surface area contributed by atoms with Crippen molar-refractivity contribution in [1.82, 2.24) is 4.90 Å². The van der Waals surface area contributed by atoms with E-state index in [0.717, 1.165) is 17.3 Å². The largest absolute Gasteiger partial charge is 0.385 e. The first-order chi connectivity index (χ1) is 7.27. The average molecular weight is 243 g/mol. The van der Waals surface area contributed by atoms with Crippen LogP contribution in [0.5, 0.6) is 0 Å². The Morgan fingerprint density at radius 2 is 1.93 bits per heavy atom. The van der Waals surface area contributed by atoms with Crippen LogP contribution >= 0.6 is 24.0 Å². The first-order valence-corrected chi connectivity index (χ1v) is 5.84. The summed E-state index contributed by atoms with van der Waals surface area (Å²) in [6.07, 6.45) is 0. The van der Waals surface area contributed by atoms with Gasteiger partial charge in [0.1, 0.15) is 11.1 Å². The van der Waals surface area contributed by atoms with E-state index in [1.54, 1.807) is 4.90 Å². The third kappa shape index (κ3) is 4.17. The van der Waals surface area contributed by atoms with Crippen molar-refractivity contribution in [3.63, 3.8) is 0 Å². The number of rotatable bonds is 4. The van der Waals surface area contributed by atoms with Gasteiger partial charge in [-0.1, -0.05) is 54.3 Å². The molecule has 15 heavy (non-hydrogen) atoms. The fourth-order valence-corrected chi connectivity index (χ4v) is 1.82. The average Bonchev–Trinajstić information content (AvgIpc) is 2.27. The number of hydrogen-bond acceptors (Lipinski definition) is 4. The fourth-order valence-electron chi connectivity index (χ4n) is 1.12. The Hall–Kier alpha value is -0.620. The van der Waals surface area contributed by atoms with Crippen LogP contribution in [0, 0.1) is 0 Å². The standard InChI is InChI=1S/C10H13NO2S2/c12-7-11(10(14)15-8-13)6-9-4-2-1-3-5-9/h1-5,12-13H,6-8H2. The maximum atomic E-state index is 9.13. The van der Waals surface area contributed by atoms with Crippen molar-refractivity contribution in [3.8, 4) is 0 Å². The van der Waals surface area contributed by atoms with Crippen LogP contribution in [0.3, 0.4) is 0 Å². The Balaban J connectivity index is 2.58. The zero-order chi connectivity index (χ0) is 11.1. The molecule has 0 heterocycles. The molecule has 0 saturated heterocycles. The van der Waals surface area contributed by atoms with Crippen molar-refractivity contribution in [2.75, 3.05) is 12.7 Å². The topological polar surface area (TPSA) is 43.7 Å².